The second kappa shape index (κ2) is 4.35. The molecule has 0 saturated carbocycles. The van der Waals surface area contributed by atoms with E-state index in [9.17, 15) is 13.6 Å². The molecule has 0 fully saturated rings. The number of alkyl halides is 2. The SMILES string of the molecule is NCCc1ccccc1C(F)(F)C(N)=O. The third-order valence-electron chi connectivity index (χ3n) is 2.08. The van der Waals surface area contributed by atoms with Crippen LogP contribution in [-0.4, -0.2) is 12.5 Å². The molecular formula is C10H12F2N2O. The molecular weight excluding hydrogens is 202 g/mol. The molecule has 0 heterocycles. The minimum atomic E-state index is -3.63. The van der Waals surface area contributed by atoms with E-state index in [2.05, 4.69) is 5.73 Å². The summed E-state index contributed by atoms with van der Waals surface area (Å²) in [5, 5.41) is 0. The van der Waals surface area contributed by atoms with E-state index in [1.807, 2.05) is 0 Å². The lowest BCUT2D eigenvalue weighted by Gasteiger charge is -2.16. The number of rotatable bonds is 4. The maximum atomic E-state index is 13.3. The van der Waals surface area contributed by atoms with Gasteiger partial charge in [0.25, 0.3) is 5.91 Å². The van der Waals surface area contributed by atoms with Crippen LogP contribution in [0.25, 0.3) is 0 Å². The Morgan fingerprint density at radius 1 is 1.33 bits per heavy atom. The van der Waals surface area contributed by atoms with E-state index in [4.69, 9.17) is 5.73 Å². The van der Waals surface area contributed by atoms with Gasteiger partial charge < -0.3 is 11.5 Å². The molecule has 15 heavy (non-hydrogen) atoms. The maximum Gasteiger partial charge on any atom is 0.349 e. The second-order valence-corrected chi connectivity index (χ2v) is 3.13. The van der Waals surface area contributed by atoms with Crippen LogP contribution in [0.2, 0.25) is 0 Å². The molecule has 0 unspecified atom stereocenters. The van der Waals surface area contributed by atoms with Gasteiger partial charge in [0, 0.05) is 5.56 Å². The van der Waals surface area contributed by atoms with Gasteiger partial charge in [-0.1, -0.05) is 24.3 Å². The van der Waals surface area contributed by atoms with Crippen LogP contribution in [0.5, 0.6) is 0 Å². The van der Waals surface area contributed by atoms with Crippen LogP contribution in [0, 0.1) is 0 Å². The summed E-state index contributed by atoms with van der Waals surface area (Å²) in [4.78, 5) is 10.6. The molecule has 0 aromatic heterocycles. The molecule has 1 amide bonds. The number of carbonyl (C=O) groups is 1. The fourth-order valence-corrected chi connectivity index (χ4v) is 1.33. The molecule has 1 aromatic carbocycles. The molecule has 0 radical (unpaired) electrons. The summed E-state index contributed by atoms with van der Waals surface area (Å²) >= 11 is 0. The number of nitrogens with two attached hydrogens (primary N) is 2. The third kappa shape index (κ3) is 2.30. The van der Waals surface area contributed by atoms with Gasteiger partial charge >= 0.3 is 5.92 Å². The van der Waals surface area contributed by atoms with Crippen LogP contribution in [0.4, 0.5) is 8.78 Å². The lowest BCUT2D eigenvalue weighted by Crippen LogP contribution is -2.34. The largest absolute Gasteiger partial charge is 0.364 e. The van der Waals surface area contributed by atoms with Crippen LogP contribution < -0.4 is 11.5 Å². The Kier molecular flexibility index (Phi) is 3.36. The van der Waals surface area contributed by atoms with Crippen molar-refractivity contribution in [2.45, 2.75) is 12.3 Å². The molecule has 0 spiro atoms. The molecule has 4 N–H and O–H groups in total. The van der Waals surface area contributed by atoms with Crippen molar-refractivity contribution in [2.24, 2.45) is 11.5 Å². The zero-order chi connectivity index (χ0) is 11.5. The molecule has 0 saturated heterocycles. The normalized spacial score (nSPS) is 11.4. The van der Waals surface area contributed by atoms with Crippen molar-refractivity contribution in [1.29, 1.82) is 0 Å². The van der Waals surface area contributed by atoms with Gasteiger partial charge in [-0.05, 0) is 18.5 Å². The lowest BCUT2D eigenvalue weighted by atomic mass is 9.99. The monoisotopic (exact) mass is 214 g/mol. The molecule has 0 aliphatic carbocycles. The molecule has 0 atom stereocenters. The van der Waals surface area contributed by atoms with E-state index in [0.29, 0.717) is 12.0 Å². The summed E-state index contributed by atoms with van der Waals surface area (Å²) in [7, 11) is 0. The van der Waals surface area contributed by atoms with Gasteiger partial charge in [0.05, 0.1) is 0 Å². The molecule has 0 aliphatic heterocycles. The van der Waals surface area contributed by atoms with Gasteiger partial charge in [-0.2, -0.15) is 8.78 Å². The molecule has 1 aromatic rings. The minimum absolute atomic E-state index is 0.242. The van der Waals surface area contributed by atoms with E-state index in [1.54, 1.807) is 6.07 Å². The Morgan fingerprint density at radius 3 is 2.47 bits per heavy atom. The van der Waals surface area contributed by atoms with Crippen LogP contribution in [-0.2, 0) is 17.1 Å². The Hall–Kier alpha value is -1.49. The highest BCUT2D eigenvalue weighted by Crippen LogP contribution is 2.30. The first-order valence-corrected chi connectivity index (χ1v) is 4.46. The molecule has 1 rings (SSSR count). The Morgan fingerprint density at radius 2 is 1.93 bits per heavy atom. The zero-order valence-electron chi connectivity index (χ0n) is 8.04. The summed E-state index contributed by atoms with van der Waals surface area (Å²) in [5.74, 6) is -5.28. The van der Waals surface area contributed by atoms with Crippen molar-refractivity contribution in [3.05, 3.63) is 35.4 Å². The summed E-state index contributed by atoms with van der Waals surface area (Å²) in [6.07, 6.45) is 0.291. The van der Waals surface area contributed by atoms with E-state index in [0.717, 1.165) is 0 Å². The fraction of sp³-hybridized carbons (Fsp3) is 0.300. The Bertz CT molecular complexity index is 366. The summed E-state index contributed by atoms with van der Waals surface area (Å²) in [5.41, 5.74) is 9.93. The highest BCUT2D eigenvalue weighted by atomic mass is 19.3. The quantitative estimate of drug-likeness (QED) is 0.777. The van der Waals surface area contributed by atoms with Crippen molar-refractivity contribution in [3.63, 3.8) is 0 Å². The number of benzene rings is 1. The molecule has 5 heteroatoms. The Labute approximate surface area is 86.1 Å². The van der Waals surface area contributed by atoms with Gasteiger partial charge in [-0.3, -0.25) is 4.79 Å². The van der Waals surface area contributed by atoms with Crippen molar-refractivity contribution < 1.29 is 13.6 Å². The summed E-state index contributed by atoms with van der Waals surface area (Å²) < 4.78 is 26.7. The van der Waals surface area contributed by atoms with Gasteiger partial charge in [0.15, 0.2) is 0 Å². The standard InChI is InChI=1S/C10H12F2N2O/c11-10(12,9(14)15)8-4-2-1-3-7(8)5-6-13/h1-4H,5-6,13H2,(H2,14,15). The zero-order valence-corrected chi connectivity index (χ0v) is 8.04. The number of halogens is 2. The van der Waals surface area contributed by atoms with Crippen molar-refractivity contribution >= 4 is 5.91 Å². The number of amides is 1. The highest BCUT2D eigenvalue weighted by molar-refractivity contribution is 5.83. The van der Waals surface area contributed by atoms with Crippen LogP contribution in [0.15, 0.2) is 24.3 Å². The van der Waals surface area contributed by atoms with Crippen molar-refractivity contribution in [2.75, 3.05) is 6.54 Å². The van der Waals surface area contributed by atoms with Gasteiger partial charge in [-0.15, -0.1) is 0 Å². The van der Waals surface area contributed by atoms with Crippen LogP contribution in [0.3, 0.4) is 0 Å². The minimum Gasteiger partial charge on any atom is -0.364 e. The van der Waals surface area contributed by atoms with E-state index < -0.39 is 11.8 Å². The molecule has 0 bridgehead atoms. The average Bonchev–Trinajstić information content (AvgIpc) is 2.18. The number of primary amides is 1. The topological polar surface area (TPSA) is 69.1 Å². The number of hydrogen-bond acceptors (Lipinski definition) is 2. The summed E-state index contributed by atoms with van der Waals surface area (Å²) in [6.45, 7) is 0.242. The lowest BCUT2D eigenvalue weighted by molar-refractivity contribution is -0.143. The first kappa shape index (κ1) is 11.6. The second-order valence-electron chi connectivity index (χ2n) is 3.13. The van der Waals surface area contributed by atoms with Gasteiger partial charge in [0.1, 0.15) is 0 Å². The van der Waals surface area contributed by atoms with E-state index in [-0.39, 0.29) is 12.1 Å². The average molecular weight is 214 g/mol. The molecule has 3 nitrogen and oxygen atoms in total. The number of hydrogen-bond donors (Lipinski definition) is 2. The van der Waals surface area contributed by atoms with Crippen LogP contribution in [0.1, 0.15) is 11.1 Å². The van der Waals surface area contributed by atoms with E-state index >= 15 is 0 Å². The first-order chi connectivity index (χ1) is 7.00. The predicted octanol–water partition coefficient (Wildman–Crippen LogP) is 0.765. The van der Waals surface area contributed by atoms with Gasteiger partial charge in [0.2, 0.25) is 0 Å². The molecule has 82 valence electrons. The smallest absolute Gasteiger partial charge is 0.349 e. The van der Waals surface area contributed by atoms with Crippen LogP contribution >= 0.6 is 0 Å². The first-order valence-electron chi connectivity index (χ1n) is 4.46. The number of carbonyl (C=O) groups excluding carboxylic acids is 1. The molecule has 0 aliphatic rings. The summed E-state index contributed by atoms with van der Waals surface area (Å²) in [6, 6.07) is 5.76. The van der Waals surface area contributed by atoms with E-state index in [1.165, 1.54) is 18.2 Å². The predicted molar refractivity (Wildman–Crippen MR) is 52.3 cm³/mol. The van der Waals surface area contributed by atoms with Crippen molar-refractivity contribution in [1.82, 2.24) is 0 Å². The third-order valence-corrected chi connectivity index (χ3v) is 2.08. The van der Waals surface area contributed by atoms with Crippen molar-refractivity contribution in [3.8, 4) is 0 Å². The maximum absolute atomic E-state index is 13.3. The fourth-order valence-electron chi connectivity index (χ4n) is 1.33. The highest BCUT2D eigenvalue weighted by Gasteiger charge is 2.40. The Balaban J connectivity index is 3.18. The van der Waals surface area contributed by atoms with Gasteiger partial charge in [-0.25, -0.2) is 0 Å².